The number of carboxylic acid groups (broad SMARTS) is 8. The summed E-state index contributed by atoms with van der Waals surface area (Å²) in [6.45, 7) is 0. The van der Waals surface area contributed by atoms with E-state index in [2.05, 4.69) is 0 Å². The van der Waals surface area contributed by atoms with Crippen molar-refractivity contribution in [1.29, 1.82) is 0 Å². The van der Waals surface area contributed by atoms with Gasteiger partial charge in [-0.05, 0) is 0 Å². The number of carboxylic acids is 8. The van der Waals surface area contributed by atoms with Gasteiger partial charge in [0, 0.05) is 0 Å². The van der Waals surface area contributed by atoms with Crippen molar-refractivity contribution in [3.05, 3.63) is 0 Å². The molecule has 156 valence electrons. The molecule has 0 atom stereocenters. The van der Waals surface area contributed by atoms with Crippen molar-refractivity contribution in [3.63, 3.8) is 0 Å². The summed E-state index contributed by atoms with van der Waals surface area (Å²) >= 11 is 0. The van der Waals surface area contributed by atoms with Crippen LogP contribution in [-0.2, 0) is 38.4 Å². The van der Waals surface area contributed by atoms with E-state index in [4.69, 9.17) is 40.9 Å². The molecular formula is C12H12O16. The average Bonchev–Trinajstić information content (AvgIpc) is 2.47. The first kappa shape index (κ1) is 26.0. The fraction of sp³-hybridized carbons (Fsp3) is 0.333. The fourth-order valence-electron chi connectivity index (χ4n) is 1.56. The molecule has 16 heteroatoms. The highest BCUT2D eigenvalue weighted by Crippen LogP contribution is 2.14. The molecule has 0 saturated heterocycles. The van der Waals surface area contributed by atoms with Gasteiger partial charge in [-0.2, -0.15) is 0 Å². The lowest BCUT2D eigenvalue weighted by Gasteiger charge is -2.11. The topological polar surface area (TPSA) is 298 Å². The molecule has 0 aliphatic rings. The van der Waals surface area contributed by atoms with E-state index in [1.165, 1.54) is 0 Å². The third-order valence-electron chi connectivity index (χ3n) is 2.80. The van der Waals surface area contributed by atoms with Crippen molar-refractivity contribution in [2.45, 2.75) is 0 Å². The van der Waals surface area contributed by atoms with Crippen LogP contribution < -0.4 is 0 Å². The van der Waals surface area contributed by atoms with Gasteiger partial charge in [-0.15, -0.1) is 0 Å². The predicted octanol–water partition coefficient (Wildman–Crippen LogP) is -2.89. The van der Waals surface area contributed by atoms with Crippen molar-refractivity contribution in [2.75, 3.05) is 0 Å². The Kier molecular flexibility index (Phi) is 9.92. The van der Waals surface area contributed by atoms with Crippen LogP contribution in [0.4, 0.5) is 0 Å². The van der Waals surface area contributed by atoms with Gasteiger partial charge in [-0.3, -0.25) is 38.4 Å². The smallest absolute Gasteiger partial charge is 0.319 e. The minimum atomic E-state index is -2.50. The van der Waals surface area contributed by atoms with Crippen LogP contribution in [0, 0.1) is 23.7 Å². The van der Waals surface area contributed by atoms with Crippen molar-refractivity contribution in [2.24, 2.45) is 23.7 Å². The molecule has 0 aromatic carbocycles. The summed E-state index contributed by atoms with van der Waals surface area (Å²) in [5.74, 6) is -26.0. The van der Waals surface area contributed by atoms with Crippen molar-refractivity contribution < 1.29 is 79.2 Å². The van der Waals surface area contributed by atoms with E-state index >= 15 is 0 Å². The standard InChI is InChI=1S/2C6H6O8/c2*7-3(8)1(4(9)10)2(5(11)12)6(13)14/h2*1-2H,(H,7,8)(H,9,10)(H,11,12)(H,13,14). The lowest BCUT2D eigenvalue weighted by molar-refractivity contribution is -0.171. The van der Waals surface area contributed by atoms with Gasteiger partial charge in [0.25, 0.3) is 0 Å². The van der Waals surface area contributed by atoms with E-state index in [0.717, 1.165) is 0 Å². The van der Waals surface area contributed by atoms with Gasteiger partial charge in [0.15, 0.2) is 23.7 Å². The summed E-state index contributed by atoms with van der Waals surface area (Å²) in [6.07, 6.45) is 0. The zero-order valence-corrected chi connectivity index (χ0v) is 13.2. The Balaban J connectivity index is 0. The molecule has 0 unspecified atom stereocenters. The molecule has 0 aromatic rings. The van der Waals surface area contributed by atoms with Gasteiger partial charge in [0.1, 0.15) is 0 Å². The number of rotatable bonds is 10. The zero-order chi connectivity index (χ0) is 22.9. The van der Waals surface area contributed by atoms with Gasteiger partial charge in [-0.25, -0.2) is 0 Å². The Hall–Kier alpha value is -4.24. The fourth-order valence-corrected chi connectivity index (χ4v) is 1.56. The van der Waals surface area contributed by atoms with Gasteiger partial charge in [-0.1, -0.05) is 0 Å². The second-order valence-electron chi connectivity index (χ2n) is 4.62. The van der Waals surface area contributed by atoms with Gasteiger partial charge in [0.2, 0.25) is 0 Å². The third kappa shape index (κ3) is 7.33. The molecule has 0 radical (unpaired) electrons. The molecule has 0 heterocycles. The predicted molar refractivity (Wildman–Crippen MR) is 75.0 cm³/mol. The molecule has 0 rings (SSSR count). The molecule has 28 heavy (non-hydrogen) atoms. The van der Waals surface area contributed by atoms with Gasteiger partial charge >= 0.3 is 47.8 Å². The van der Waals surface area contributed by atoms with Crippen LogP contribution in [0.2, 0.25) is 0 Å². The van der Waals surface area contributed by atoms with Crippen molar-refractivity contribution in [1.82, 2.24) is 0 Å². The highest BCUT2D eigenvalue weighted by Gasteiger charge is 2.45. The molecule has 16 nitrogen and oxygen atoms in total. The highest BCUT2D eigenvalue weighted by atomic mass is 16.4. The Morgan fingerprint density at radius 3 is 0.393 bits per heavy atom. The van der Waals surface area contributed by atoms with Crippen LogP contribution in [-0.4, -0.2) is 88.6 Å². The number of carbonyl (C=O) groups is 8. The molecule has 0 aliphatic heterocycles. The monoisotopic (exact) mass is 412 g/mol. The van der Waals surface area contributed by atoms with Crippen LogP contribution in [0.5, 0.6) is 0 Å². The quantitative estimate of drug-likeness (QED) is 0.167. The zero-order valence-electron chi connectivity index (χ0n) is 13.2. The van der Waals surface area contributed by atoms with E-state index < -0.39 is 71.4 Å². The lowest BCUT2D eigenvalue weighted by atomic mass is 9.93. The minimum absolute atomic E-state index is 2.01. The summed E-state index contributed by atoms with van der Waals surface area (Å²) in [6, 6.07) is 0. The molecule has 8 N–H and O–H groups in total. The van der Waals surface area contributed by atoms with Crippen LogP contribution >= 0.6 is 0 Å². The Morgan fingerprint density at radius 1 is 0.286 bits per heavy atom. The molecule has 0 aliphatic carbocycles. The minimum Gasteiger partial charge on any atom is -0.481 e. The maximum absolute atomic E-state index is 10.3. The Bertz CT molecular complexity index is 528. The molecule has 0 fully saturated rings. The lowest BCUT2D eigenvalue weighted by Crippen LogP contribution is -2.40. The van der Waals surface area contributed by atoms with E-state index in [0.29, 0.717) is 0 Å². The van der Waals surface area contributed by atoms with Gasteiger partial charge < -0.3 is 40.9 Å². The van der Waals surface area contributed by atoms with Crippen molar-refractivity contribution >= 4 is 47.8 Å². The Morgan fingerprint density at radius 2 is 0.357 bits per heavy atom. The number of aliphatic carboxylic acids is 8. The first-order chi connectivity index (χ1) is 12.6. The number of hydrogen-bond acceptors (Lipinski definition) is 8. The second kappa shape index (κ2) is 10.7. The van der Waals surface area contributed by atoms with E-state index in [-0.39, 0.29) is 0 Å². The van der Waals surface area contributed by atoms with Crippen molar-refractivity contribution in [3.8, 4) is 0 Å². The first-order valence-electron chi connectivity index (χ1n) is 6.40. The van der Waals surface area contributed by atoms with Crippen LogP contribution in [0.3, 0.4) is 0 Å². The SMILES string of the molecule is O=C(O)C(C(=O)O)C(C(=O)O)C(=O)O.O=C(O)C(C(=O)O)C(C(=O)O)C(=O)O. The first-order valence-corrected chi connectivity index (χ1v) is 6.40. The summed E-state index contributed by atoms with van der Waals surface area (Å²) in [7, 11) is 0. The Labute approximate surface area is 151 Å². The molecule has 0 bridgehead atoms. The molecule has 0 aromatic heterocycles. The molecule has 0 amide bonds. The molecular weight excluding hydrogens is 400 g/mol. The van der Waals surface area contributed by atoms with E-state index in [1.807, 2.05) is 0 Å². The second-order valence-corrected chi connectivity index (χ2v) is 4.62. The summed E-state index contributed by atoms with van der Waals surface area (Å²) in [5, 5.41) is 66.4. The normalized spacial score (nSPS) is 10.1. The maximum Gasteiger partial charge on any atom is 0.319 e. The summed E-state index contributed by atoms with van der Waals surface area (Å²) in [4.78, 5) is 82.3. The maximum atomic E-state index is 10.3. The molecule has 0 spiro atoms. The van der Waals surface area contributed by atoms with E-state index in [1.54, 1.807) is 0 Å². The summed E-state index contributed by atoms with van der Waals surface area (Å²) in [5.41, 5.74) is 0. The van der Waals surface area contributed by atoms with Crippen LogP contribution in [0.25, 0.3) is 0 Å². The third-order valence-corrected chi connectivity index (χ3v) is 2.80. The van der Waals surface area contributed by atoms with Crippen LogP contribution in [0.1, 0.15) is 0 Å². The summed E-state index contributed by atoms with van der Waals surface area (Å²) < 4.78 is 0. The van der Waals surface area contributed by atoms with E-state index in [9.17, 15) is 38.4 Å². The largest absolute Gasteiger partial charge is 0.481 e. The average molecular weight is 412 g/mol. The van der Waals surface area contributed by atoms with Gasteiger partial charge in [0.05, 0.1) is 0 Å². The number of hydrogen-bond donors (Lipinski definition) is 8. The molecule has 0 saturated carbocycles. The van der Waals surface area contributed by atoms with Crippen LogP contribution in [0.15, 0.2) is 0 Å². The highest BCUT2D eigenvalue weighted by molar-refractivity contribution is 6.06.